The minimum absolute atomic E-state index is 0.184. The van der Waals surface area contributed by atoms with E-state index in [9.17, 15) is 4.39 Å². The van der Waals surface area contributed by atoms with E-state index in [4.69, 9.17) is 0 Å². The van der Waals surface area contributed by atoms with Crippen LogP contribution in [0.25, 0.3) is 0 Å². The lowest BCUT2D eigenvalue weighted by atomic mass is 10.3. The molecule has 15 heavy (non-hydrogen) atoms. The van der Waals surface area contributed by atoms with Crippen molar-refractivity contribution < 1.29 is 4.39 Å². The predicted octanol–water partition coefficient (Wildman–Crippen LogP) is 2.26. The third-order valence-electron chi connectivity index (χ3n) is 2.32. The molecule has 2 nitrogen and oxygen atoms in total. The average molecular weight is 210 g/mol. The molecule has 0 saturated heterocycles. The van der Waals surface area contributed by atoms with Gasteiger partial charge < -0.3 is 10.2 Å². The fraction of sp³-hybridized carbons (Fsp3) is 0.500. The topological polar surface area (TPSA) is 15.3 Å². The Balaban J connectivity index is 2.33. The molecule has 0 aliphatic heterocycles. The van der Waals surface area contributed by atoms with Gasteiger partial charge in [0.1, 0.15) is 5.82 Å². The summed E-state index contributed by atoms with van der Waals surface area (Å²) in [5, 5.41) is 3.33. The second-order valence-corrected chi connectivity index (χ2v) is 3.65. The standard InChI is InChI=1S/C12H19FN2/c1-3-8-14-9-10-15(2)12-6-4-11(13)5-7-12/h4-7,14H,3,8-10H2,1-2H3. The van der Waals surface area contributed by atoms with Crippen molar-refractivity contribution in [3.05, 3.63) is 30.1 Å². The van der Waals surface area contributed by atoms with Gasteiger partial charge in [-0.25, -0.2) is 4.39 Å². The summed E-state index contributed by atoms with van der Waals surface area (Å²) >= 11 is 0. The molecule has 0 radical (unpaired) electrons. The second kappa shape index (κ2) is 6.40. The van der Waals surface area contributed by atoms with Gasteiger partial charge in [0.25, 0.3) is 0 Å². The molecule has 3 heteroatoms. The van der Waals surface area contributed by atoms with Crippen LogP contribution in [0.3, 0.4) is 0 Å². The van der Waals surface area contributed by atoms with Crippen molar-refractivity contribution in [3.63, 3.8) is 0 Å². The maximum Gasteiger partial charge on any atom is 0.123 e. The average Bonchev–Trinajstić information content (AvgIpc) is 2.25. The molecule has 0 aliphatic carbocycles. The minimum atomic E-state index is -0.184. The zero-order chi connectivity index (χ0) is 11.1. The highest BCUT2D eigenvalue weighted by Crippen LogP contribution is 2.12. The van der Waals surface area contributed by atoms with Gasteiger partial charge in [-0.05, 0) is 37.2 Å². The number of hydrogen-bond donors (Lipinski definition) is 1. The molecule has 0 amide bonds. The summed E-state index contributed by atoms with van der Waals surface area (Å²) in [6.07, 6.45) is 1.15. The van der Waals surface area contributed by atoms with Gasteiger partial charge in [0.2, 0.25) is 0 Å². The zero-order valence-corrected chi connectivity index (χ0v) is 9.46. The van der Waals surface area contributed by atoms with Gasteiger partial charge in [-0.3, -0.25) is 0 Å². The van der Waals surface area contributed by atoms with Crippen LogP contribution in [0.4, 0.5) is 10.1 Å². The van der Waals surface area contributed by atoms with Crippen LogP contribution in [0.1, 0.15) is 13.3 Å². The molecule has 0 aliphatic rings. The Morgan fingerprint density at radius 2 is 1.87 bits per heavy atom. The normalized spacial score (nSPS) is 10.3. The van der Waals surface area contributed by atoms with Gasteiger partial charge in [0, 0.05) is 25.8 Å². The lowest BCUT2D eigenvalue weighted by Crippen LogP contribution is -2.29. The van der Waals surface area contributed by atoms with Crippen LogP contribution in [0.15, 0.2) is 24.3 Å². The Bertz CT molecular complexity index is 271. The molecule has 0 spiro atoms. The van der Waals surface area contributed by atoms with E-state index >= 15 is 0 Å². The first kappa shape index (κ1) is 12.0. The molecule has 0 saturated carbocycles. The Kier molecular flexibility index (Phi) is 5.12. The largest absolute Gasteiger partial charge is 0.373 e. The SMILES string of the molecule is CCCNCCN(C)c1ccc(F)cc1. The van der Waals surface area contributed by atoms with Crippen molar-refractivity contribution in [1.82, 2.24) is 5.32 Å². The van der Waals surface area contributed by atoms with Crippen LogP contribution in [0, 0.1) is 5.82 Å². The van der Waals surface area contributed by atoms with E-state index in [-0.39, 0.29) is 5.82 Å². The van der Waals surface area contributed by atoms with Crippen molar-refractivity contribution in [2.75, 3.05) is 31.6 Å². The van der Waals surface area contributed by atoms with E-state index in [1.807, 2.05) is 7.05 Å². The van der Waals surface area contributed by atoms with Crippen molar-refractivity contribution >= 4 is 5.69 Å². The third-order valence-corrected chi connectivity index (χ3v) is 2.32. The number of hydrogen-bond acceptors (Lipinski definition) is 2. The highest BCUT2D eigenvalue weighted by atomic mass is 19.1. The van der Waals surface area contributed by atoms with Gasteiger partial charge in [-0.2, -0.15) is 0 Å². The minimum Gasteiger partial charge on any atom is -0.373 e. The molecule has 0 aromatic heterocycles. The molecule has 0 heterocycles. The summed E-state index contributed by atoms with van der Waals surface area (Å²) in [6, 6.07) is 6.58. The van der Waals surface area contributed by atoms with Gasteiger partial charge >= 0.3 is 0 Å². The van der Waals surface area contributed by atoms with Crippen molar-refractivity contribution in [2.45, 2.75) is 13.3 Å². The van der Waals surface area contributed by atoms with Crippen LogP contribution in [0.5, 0.6) is 0 Å². The molecule has 0 atom stereocenters. The first-order valence-electron chi connectivity index (χ1n) is 5.41. The summed E-state index contributed by atoms with van der Waals surface area (Å²) in [5.41, 5.74) is 1.05. The summed E-state index contributed by atoms with van der Waals surface area (Å²) in [5.74, 6) is -0.184. The fourth-order valence-corrected chi connectivity index (χ4v) is 1.37. The van der Waals surface area contributed by atoms with E-state index < -0.39 is 0 Å². The van der Waals surface area contributed by atoms with Crippen molar-refractivity contribution in [2.24, 2.45) is 0 Å². The smallest absolute Gasteiger partial charge is 0.123 e. The summed E-state index contributed by atoms with van der Waals surface area (Å²) < 4.78 is 12.7. The van der Waals surface area contributed by atoms with Gasteiger partial charge in [0.05, 0.1) is 0 Å². The van der Waals surface area contributed by atoms with E-state index in [0.29, 0.717) is 0 Å². The van der Waals surface area contributed by atoms with E-state index in [2.05, 4.69) is 17.1 Å². The number of nitrogens with one attached hydrogen (secondary N) is 1. The van der Waals surface area contributed by atoms with E-state index in [1.54, 1.807) is 12.1 Å². The quantitative estimate of drug-likeness (QED) is 0.724. The number of likely N-dealkylation sites (N-methyl/N-ethyl adjacent to an activating group) is 1. The number of nitrogens with zero attached hydrogens (tertiary/aromatic N) is 1. The maximum absolute atomic E-state index is 12.7. The van der Waals surface area contributed by atoms with Crippen LogP contribution in [-0.2, 0) is 0 Å². The molecule has 1 aromatic rings. The van der Waals surface area contributed by atoms with E-state index in [1.165, 1.54) is 12.1 Å². The summed E-state index contributed by atoms with van der Waals surface area (Å²) in [4.78, 5) is 2.11. The number of benzene rings is 1. The molecular formula is C12H19FN2. The van der Waals surface area contributed by atoms with Crippen LogP contribution in [0.2, 0.25) is 0 Å². The van der Waals surface area contributed by atoms with Gasteiger partial charge in [0.15, 0.2) is 0 Å². The molecular weight excluding hydrogens is 191 g/mol. The Morgan fingerprint density at radius 1 is 1.20 bits per heavy atom. The number of anilines is 1. The van der Waals surface area contributed by atoms with E-state index in [0.717, 1.165) is 31.7 Å². The van der Waals surface area contributed by atoms with Gasteiger partial charge in [-0.15, -0.1) is 0 Å². The third kappa shape index (κ3) is 4.30. The first-order chi connectivity index (χ1) is 7.24. The van der Waals surface area contributed by atoms with Crippen LogP contribution in [-0.4, -0.2) is 26.7 Å². The zero-order valence-electron chi connectivity index (χ0n) is 9.46. The molecule has 1 N–H and O–H groups in total. The number of rotatable bonds is 6. The highest BCUT2D eigenvalue weighted by Gasteiger charge is 1.99. The maximum atomic E-state index is 12.7. The van der Waals surface area contributed by atoms with Gasteiger partial charge in [-0.1, -0.05) is 6.92 Å². The highest BCUT2D eigenvalue weighted by molar-refractivity contribution is 5.45. The summed E-state index contributed by atoms with van der Waals surface area (Å²) in [6.45, 7) is 5.10. The monoisotopic (exact) mass is 210 g/mol. The number of halogens is 1. The second-order valence-electron chi connectivity index (χ2n) is 3.65. The molecule has 0 unspecified atom stereocenters. The molecule has 84 valence electrons. The molecule has 1 aromatic carbocycles. The molecule has 0 bridgehead atoms. The Hall–Kier alpha value is -1.09. The summed E-state index contributed by atoms with van der Waals surface area (Å²) in [7, 11) is 2.01. The molecule has 0 fully saturated rings. The fourth-order valence-electron chi connectivity index (χ4n) is 1.37. The van der Waals surface area contributed by atoms with Crippen molar-refractivity contribution in [1.29, 1.82) is 0 Å². The lowest BCUT2D eigenvalue weighted by molar-refractivity contribution is 0.627. The van der Waals surface area contributed by atoms with Crippen molar-refractivity contribution in [3.8, 4) is 0 Å². The molecule has 1 rings (SSSR count). The Labute approximate surface area is 91.1 Å². The first-order valence-corrected chi connectivity index (χ1v) is 5.41. The predicted molar refractivity (Wildman–Crippen MR) is 62.8 cm³/mol. The van der Waals surface area contributed by atoms with Crippen LogP contribution >= 0.6 is 0 Å². The van der Waals surface area contributed by atoms with Crippen LogP contribution < -0.4 is 10.2 Å². The lowest BCUT2D eigenvalue weighted by Gasteiger charge is -2.19. The Morgan fingerprint density at radius 3 is 2.47 bits per heavy atom.